The van der Waals surface area contributed by atoms with Crippen molar-refractivity contribution < 1.29 is 27.4 Å². The summed E-state index contributed by atoms with van der Waals surface area (Å²) in [5, 5.41) is 12.7. The van der Waals surface area contributed by atoms with E-state index in [1.54, 1.807) is 0 Å². The van der Waals surface area contributed by atoms with E-state index in [4.69, 9.17) is 4.74 Å². The van der Waals surface area contributed by atoms with E-state index >= 15 is 4.39 Å². The Kier molecular flexibility index (Phi) is 7.22. The summed E-state index contributed by atoms with van der Waals surface area (Å²) >= 11 is 3.17. The number of anilines is 1. The fourth-order valence-electron chi connectivity index (χ4n) is 3.69. The van der Waals surface area contributed by atoms with Gasteiger partial charge < -0.3 is 15.2 Å². The van der Waals surface area contributed by atoms with Gasteiger partial charge in [0.05, 0.1) is 24.5 Å². The van der Waals surface area contributed by atoms with E-state index in [0.717, 1.165) is 25.9 Å². The van der Waals surface area contributed by atoms with Crippen molar-refractivity contribution in [2.75, 3.05) is 44.1 Å². The van der Waals surface area contributed by atoms with Crippen LogP contribution in [0, 0.1) is 5.82 Å². The molecule has 1 saturated carbocycles. The number of phenols is 1. The lowest BCUT2D eigenvalue weighted by Gasteiger charge is -2.26. The molecule has 1 amide bonds. The van der Waals surface area contributed by atoms with E-state index in [1.165, 1.54) is 30.3 Å². The van der Waals surface area contributed by atoms with Crippen molar-refractivity contribution in [2.45, 2.75) is 23.7 Å². The molecule has 1 aliphatic heterocycles. The Morgan fingerprint density at radius 2 is 1.94 bits per heavy atom. The Balaban J connectivity index is 1.56. The summed E-state index contributed by atoms with van der Waals surface area (Å²) in [4.78, 5) is 14.5. The van der Waals surface area contributed by atoms with Crippen LogP contribution in [-0.2, 0) is 14.8 Å². The molecular formula is C22H25BrFN3O5S. The maximum atomic E-state index is 15.3. The van der Waals surface area contributed by atoms with Gasteiger partial charge in [-0.2, -0.15) is 0 Å². The van der Waals surface area contributed by atoms with Gasteiger partial charge in [-0.05, 0) is 54.7 Å². The number of ether oxygens (including phenoxy) is 1. The number of morpholine rings is 1. The van der Waals surface area contributed by atoms with Crippen molar-refractivity contribution in [3.05, 3.63) is 51.7 Å². The first-order valence-corrected chi connectivity index (χ1v) is 13.0. The highest BCUT2D eigenvalue weighted by molar-refractivity contribution is 9.10. The van der Waals surface area contributed by atoms with Gasteiger partial charge >= 0.3 is 0 Å². The fraction of sp³-hybridized carbons (Fsp3) is 0.409. The molecule has 33 heavy (non-hydrogen) atoms. The van der Waals surface area contributed by atoms with Gasteiger partial charge in [-0.15, -0.1) is 0 Å². The van der Waals surface area contributed by atoms with Crippen molar-refractivity contribution >= 4 is 37.5 Å². The Morgan fingerprint density at radius 3 is 2.64 bits per heavy atom. The van der Waals surface area contributed by atoms with E-state index in [9.17, 15) is 18.3 Å². The van der Waals surface area contributed by atoms with Crippen molar-refractivity contribution in [3.63, 3.8) is 0 Å². The van der Waals surface area contributed by atoms with Crippen molar-refractivity contribution in [3.8, 4) is 5.75 Å². The van der Waals surface area contributed by atoms with E-state index in [2.05, 4.69) is 30.9 Å². The zero-order chi connectivity index (χ0) is 23.6. The molecule has 1 saturated heterocycles. The third-order valence-corrected chi connectivity index (χ3v) is 7.55. The van der Waals surface area contributed by atoms with Gasteiger partial charge in [0.15, 0.2) is 5.82 Å². The summed E-state index contributed by atoms with van der Waals surface area (Å²) in [6, 6.07) is 6.85. The fourth-order valence-corrected chi connectivity index (χ4v) is 5.38. The topological polar surface area (TPSA) is 108 Å². The molecule has 0 bridgehead atoms. The molecule has 2 fully saturated rings. The van der Waals surface area contributed by atoms with E-state index < -0.39 is 32.4 Å². The van der Waals surface area contributed by atoms with Crippen LogP contribution < -0.4 is 10.0 Å². The number of sulfonamides is 1. The summed E-state index contributed by atoms with van der Waals surface area (Å²) in [7, 11) is -4.31. The average Bonchev–Trinajstić information content (AvgIpc) is 3.63. The standard InChI is InChI=1S/C22H25BrFN3O5S/c23-16-3-4-19(28)20(13-16)33(30,31)26-18-12-15(14-1-2-14)11-17(21(18)24)22(29)25-5-6-27-7-9-32-10-8-27/h3-4,11-14,26,28H,1-2,5-10H2,(H,25,29). The van der Waals surface area contributed by atoms with Crippen LogP contribution in [-0.4, -0.2) is 63.7 Å². The Bertz CT molecular complexity index is 1150. The molecule has 8 nitrogen and oxygen atoms in total. The second-order valence-electron chi connectivity index (χ2n) is 8.13. The first kappa shape index (κ1) is 23.9. The number of carbonyl (C=O) groups is 1. The molecule has 1 aliphatic carbocycles. The predicted molar refractivity (Wildman–Crippen MR) is 125 cm³/mol. The smallest absolute Gasteiger partial charge is 0.265 e. The Hall–Kier alpha value is -2.21. The molecule has 2 aromatic carbocycles. The van der Waals surface area contributed by atoms with Gasteiger partial charge in [0.25, 0.3) is 15.9 Å². The number of rotatable bonds is 8. The van der Waals surface area contributed by atoms with Gasteiger partial charge in [-0.1, -0.05) is 15.9 Å². The van der Waals surface area contributed by atoms with Crippen molar-refractivity contribution in [1.29, 1.82) is 0 Å². The third kappa shape index (κ3) is 5.84. The molecule has 4 rings (SSSR count). The highest BCUT2D eigenvalue weighted by Crippen LogP contribution is 2.42. The SMILES string of the molecule is O=C(NCCN1CCOCC1)c1cc(C2CC2)cc(NS(=O)(=O)c2cc(Br)ccc2O)c1F. The van der Waals surface area contributed by atoms with Gasteiger partial charge in [0, 0.05) is 30.7 Å². The van der Waals surface area contributed by atoms with Gasteiger partial charge in [-0.25, -0.2) is 12.8 Å². The summed E-state index contributed by atoms with van der Waals surface area (Å²) < 4.78 is 49.0. The van der Waals surface area contributed by atoms with Crippen molar-refractivity contribution in [2.24, 2.45) is 0 Å². The molecule has 0 atom stereocenters. The average molecular weight is 542 g/mol. The molecular weight excluding hydrogens is 517 g/mol. The molecule has 0 unspecified atom stereocenters. The molecule has 0 spiro atoms. The van der Waals surface area contributed by atoms with Gasteiger partial charge in [0.1, 0.15) is 10.6 Å². The zero-order valence-corrected chi connectivity index (χ0v) is 20.2. The molecule has 0 radical (unpaired) electrons. The minimum absolute atomic E-state index is 0.160. The summed E-state index contributed by atoms with van der Waals surface area (Å²) in [5.74, 6) is -1.87. The van der Waals surface area contributed by atoms with Crippen LogP contribution >= 0.6 is 15.9 Å². The summed E-state index contributed by atoms with van der Waals surface area (Å²) in [6.45, 7) is 3.78. The van der Waals surface area contributed by atoms with Crippen LogP contribution in [0.4, 0.5) is 10.1 Å². The number of aromatic hydroxyl groups is 1. The van der Waals surface area contributed by atoms with Crippen LogP contribution in [0.1, 0.15) is 34.7 Å². The first-order chi connectivity index (χ1) is 15.7. The van der Waals surface area contributed by atoms with Crippen LogP contribution in [0.15, 0.2) is 39.7 Å². The number of hydrogen-bond donors (Lipinski definition) is 3. The Labute approximate surface area is 200 Å². The highest BCUT2D eigenvalue weighted by atomic mass is 79.9. The maximum Gasteiger partial charge on any atom is 0.265 e. The van der Waals surface area contributed by atoms with E-state index in [1.807, 2.05) is 0 Å². The molecule has 0 aromatic heterocycles. The molecule has 1 heterocycles. The quantitative estimate of drug-likeness (QED) is 0.474. The summed E-state index contributed by atoms with van der Waals surface area (Å²) in [6.07, 6.45) is 1.78. The van der Waals surface area contributed by atoms with E-state index in [0.29, 0.717) is 36.3 Å². The largest absolute Gasteiger partial charge is 0.507 e. The summed E-state index contributed by atoms with van der Waals surface area (Å²) in [5.41, 5.74) is 0.167. The number of carbonyl (C=O) groups excluding carboxylic acids is 1. The molecule has 178 valence electrons. The number of nitrogens with zero attached hydrogens (tertiary/aromatic N) is 1. The molecule has 2 aromatic rings. The van der Waals surface area contributed by atoms with E-state index in [-0.39, 0.29) is 17.2 Å². The van der Waals surface area contributed by atoms with Crippen LogP contribution in [0.3, 0.4) is 0 Å². The van der Waals surface area contributed by atoms with Crippen LogP contribution in [0.2, 0.25) is 0 Å². The monoisotopic (exact) mass is 541 g/mol. The van der Waals surface area contributed by atoms with Gasteiger partial charge in [0.2, 0.25) is 0 Å². The minimum atomic E-state index is -4.31. The lowest BCUT2D eigenvalue weighted by molar-refractivity contribution is 0.0383. The number of nitrogens with one attached hydrogen (secondary N) is 2. The Morgan fingerprint density at radius 1 is 1.21 bits per heavy atom. The minimum Gasteiger partial charge on any atom is -0.507 e. The second-order valence-corrected chi connectivity index (χ2v) is 10.7. The molecule has 2 aliphatic rings. The molecule has 3 N–H and O–H groups in total. The number of halogens is 2. The predicted octanol–water partition coefficient (Wildman–Crippen LogP) is 3.03. The molecule has 11 heteroatoms. The van der Waals surface area contributed by atoms with Crippen LogP contribution in [0.25, 0.3) is 0 Å². The number of hydrogen-bond acceptors (Lipinski definition) is 6. The lowest BCUT2D eigenvalue weighted by Crippen LogP contribution is -2.41. The number of amides is 1. The number of benzene rings is 2. The first-order valence-electron chi connectivity index (χ1n) is 10.7. The second kappa shape index (κ2) is 9.96. The van der Waals surface area contributed by atoms with Gasteiger partial charge in [-0.3, -0.25) is 14.4 Å². The van der Waals surface area contributed by atoms with Crippen LogP contribution in [0.5, 0.6) is 5.75 Å². The maximum absolute atomic E-state index is 15.3. The lowest BCUT2D eigenvalue weighted by atomic mass is 10.0. The van der Waals surface area contributed by atoms with Crippen molar-refractivity contribution in [1.82, 2.24) is 10.2 Å². The normalized spacial score (nSPS) is 17.0. The number of phenolic OH excluding ortho intramolecular Hbond substituents is 1. The highest BCUT2D eigenvalue weighted by Gasteiger charge is 2.29. The third-order valence-electron chi connectivity index (χ3n) is 5.66. The zero-order valence-electron chi connectivity index (χ0n) is 17.8.